The number of fused-ring (bicyclic) bond motifs is 1. The Morgan fingerprint density at radius 1 is 1.45 bits per heavy atom. The lowest BCUT2D eigenvalue weighted by Crippen LogP contribution is -2.46. The average molecular weight is 424 g/mol. The van der Waals surface area contributed by atoms with Gasteiger partial charge in [-0.05, 0) is 5.57 Å². The van der Waals surface area contributed by atoms with Crippen LogP contribution in [0.1, 0.15) is 12.1 Å². The molecule has 13 nitrogen and oxygen atoms in total. The van der Waals surface area contributed by atoms with E-state index in [9.17, 15) is 24.3 Å². The Hall–Kier alpha value is -3.52. The first-order valence-electron chi connectivity index (χ1n) is 8.12. The van der Waals surface area contributed by atoms with Crippen molar-refractivity contribution in [1.29, 1.82) is 0 Å². The van der Waals surface area contributed by atoms with Gasteiger partial charge in [0, 0.05) is 18.5 Å². The highest BCUT2D eigenvalue weighted by molar-refractivity contribution is 7.13. The second-order valence-corrected chi connectivity index (χ2v) is 6.93. The lowest BCUT2D eigenvalue weighted by molar-refractivity contribution is -0.143. The number of thiazole rings is 1. The van der Waals surface area contributed by atoms with Crippen molar-refractivity contribution in [2.24, 2.45) is 5.16 Å². The number of carbonyl (C=O) groups is 4. The molecule has 0 bridgehead atoms. The number of hydrogen-bond donors (Lipinski definition) is 4. The van der Waals surface area contributed by atoms with Crippen molar-refractivity contribution >= 4 is 45.9 Å². The van der Waals surface area contributed by atoms with Crippen molar-refractivity contribution in [3.05, 3.63) is 22.3 Å². The summed E-state index contributed by atoms with van der Waals surface area (Å²) in [5.74, 6) is -4.10. The van der Waals surface area contributed by atoms with E-state index in [1.165, 1.54) is 17.5 Å². The van der Waals surface area contributed by atoms with E-state index >= 15 is 0 Å². The van der Waals surface area contributed by atoms with Gasteiger partial charge in [-0.3, -0.25) is 14.4 Å². The van der Waals surface area contributed by atoms with Gasteiger partial charge in [-0.15, -0.1) is 11.3 Å². The summed E-state index contributed by atoms with van der Waals surface area (Å²) in [4.78, 5) is 56.5. The number of nitrogens with two attached hydrogens (primary N) is 1. The van der Waals surface area contributed by atoms with E-state index in [0.29, 0.717) is 0 Å². The third-order valence-corrected chi connectivity index (χ3v) is 4.81. The van der Waals surface area contributed by atoms with Gasteiger partial charge in [0.05, 0.1) is 6.42 Å². The number of carboxylic acid groups (broad SMARTS) is 2. The Kier molecular flexibility index (Phi) is 5.47. The van der Waals surface area contributed by atoms with Gasteiger partial charge in [-0.2, -0.15) is 0 Å². The van der Waals surface area contributed by atoms with Crippen LogP contribution in [-0.2, 0) is 24.0 Å². The van der Waals surface area contributed by atoms with Gasteiger partial charge in [0.1, 0.15) is 24.5 Å². The molecule has 14 heteroatoms. The van der Waals surface area contributed by atoms with Gasteiger partial charge < -0.3 is 26.1 Å². The number of oxime groups is 1. The quantitative estimate of drug-likeness (QED) is 0.294. The predicted molar refractivity (Wildman–Crippen MR) is 97.3 cm³/mol. The number of amides is 2. The molecule has 5 N–H and O–H groups in total. The molecule has 1 aromatic rings. The third kappa shape index (κ3) is 3.88. The highest BCUT2D eigenvalue weighted by atomic mass is 32.1. The number of carboxylic acids is 2. The van der Waals surface area contributed by atoms with Crippen LogP contribution in [0.3, 0.4) is 0 Å². The van der Waals surface area contributed by atoms with E-state index in [-0.39, 0.29) is 35.2 Å². The van der Waals surface area contributed by atoms with E-state index in [0.717, 1.165) is 16.3 Å². The molecule has 154 valence electrons. The molecule has 29 heavy (non-hydrogen) atoms. The maximum Gasteiger partial charge on any atom is 0.354 e. The van der Waals surface area contributed by atoms with Crippen LogP contribution in [0.2, 0.25) is 0 Å². The molecule has 0 aromatic carbocycles. The minimum Gasteiger partial charge on any atom is -0.481 e. The van der Waals surface area contributed by atoms with Crippen molar-refractivity contribution in [1.82, 2.24) is 20.3 Å². The molecule has 1 atom stereocenters. The topological polar surface area (TPSA) is 188 Å². The Labute approximate surface area is 167 Å². The van der Waals surface area contributed by atoms with Crippen molar-refractivity contribution in [2.45, 2.75) is 12.5 Å². The lowest BCUT2D eigenvalue weighted by Gasteiger charge is -2.19. The molecule has 1 saturated heterocycles. The van der Waals surface area contributed by atoms with Crippen LogP contribution in [-0.4, -0.2) is 80.9 Å². The molecule has 3 rings (SSSR count). The summed E-state index contributed by atoms with van der Waals surface area (Å²) >= 11 is 1.09. The summed E-state index contributed by atoms with van der Waals surface area (Å²) in [5.41, 5.74) is 5.21. The highest BCUT2D eigenvalue weighted by Gasteiger charge is 2.48. The number of nitrogen functional groups attached to an aromatic ring is 1. The molecule has 0 aliphatic carbocycles. The number of rotatable bonds is 7. The third-order valence-electron chi connectivity index (χ3n) is 4.14. The average Bonchev–Trinajstić information content (AvgIpc) is 3.28. The van der Waals surface area contributed by atoms with Crippen LogP contribution in [0.15, 0.2) is 21.8 Å². The first-order chi connectivity index (χ1) is 13.7. The summed E-state index contributed by atoms with van der Waals surface area (Å²) in [6.07, 6.45) is -0.505. The zero-order valence-corrected chi connectivity index (χ0v) is 15.8. The van der Waals surface area contributed by atoms with Gasteiger partial charge in [-0.1, -0.05) is 5.16 Å². The predicted octanol–water partition coefficient (Wildman–Crippen LogP) is -1.55. The number of aliphatic carboxylic acids is 2. The molecule has 1 aromatic heterocycles. The van der Waals surface area contributed by atoms with Crippen LogP contribution in [0.5, 0.6) is 0 Å². The van der Waals surface area contributed by atoms with E-state index in [1.54, 1.807) is 0 Å². The van der Waals surface area contributed by atoms with Crippen molar-refractivity contribution in [3.63, 3.8) is 0 Å². The minimum absolute atomic E-state index is 0.0378. The molecular formula is C15H16N6O7S. The summed E-state index contributed by atoms with van der Waals surface area (Å²) < 4.78 is 0. The number of carbonyl (C=O) groups excluding carboxylic acids is 2. The Morgan fingerprint density at radius 2 is 2.17 bits per heavy atom. The first-order valence-corrected chi connectivity index (χ1v) is 9.00. The molecule has 3 heterocycles. The summed E-state index contributed by atoms with van der Waals surface area (Å²) in [6, 6.07) is -1.07. The summed E-state index contributed by atoms with van der Waals surface area (Å²) in [5, 5.41) is 28.4. The molecule has 2 aliphatic heterocycles. The maximum atomic E-state index is 12.7. The van der Waals surface area contributed by atoms with Crippen LogP contribution >= 0.6 is 11.3 Å². The van der Waals surface area contributed by atoms with E-state index in [4.69, 9.17) is 10.8 Å². The largest absolute Gasteiger partial charge is 0.481 e. The second kappa shape index (κ2) is 7.84. The summed E-state index contributed by atoms with van der Waals surface area (Å²) in [6.45, 7) is -0.0857. The molecule has 1 fully saturated rings. The van der Waals surface area contributed by atoms with Gasteiger partial charge >= 0.3 is 11.9 Å². The fraction of sp³-hybridized carbons (Fsp3) is 0.333. The van der Waals surface area contributed by atoms with E-state index in [1.807, 2.05) is 0 Å². The van der Waals surface area contributed by atoms with Crippen molar-refractivity contribution in [2.75, 3.05) is 25.9 Å². The normalized spacial score (nSPS) is 19.5. The fourth-order valence-electron chi connectivity index (χ4n) is 3.08. The molecule has 0 saturated carbocycles. The number of nitrogens with zero attached hydrogens (tertiary/aromatic N) is 4. The SMILES string of the molecule is CO/N=C(\C(=O)NC1CN2CC(CC(=O)O)=C(C(=O)O)N2C1=O)c1csc(N)n1. The number of hydrogen-bond acceptors (Lipinski definition) is 10. The second-order valence-electron chi connectivity index (χ2n) is 6.04. The summed E-state index contributed by atoms with van der Waals surface area (Å²) in [7, 11) is 1.24. The van der Waals surface area contributed by atoms with Gasteiger partial charge in [-0.25, -0.2) is 19.8 Å². The highest BCUT2D eigenvalue weighted by Crippen LogP contribution is 2.31. The minimum atomic E-state index is -1.43. The maximum absolute atomic E-state index is 12.7. The molecule has 2 amide bonds. The number of hydrazine groups is 1. The van der Waals surface area contributed by atoms with E-state index < -0.39 is 41.9 Å². The van der Waals surface area contributed by atoms with Crippen molar-refractivity contribution < 1.29 is 34.2 Å². The molecular weight excluding hydrogens is 408 g/mol. The van der Waals surface area contributed by atoms with Gasteiger partial charge in [0.2, 0.25) is 0 Å². The lowest BCUT2D eigenvalue weighted by atomic mass is 10.1. The standard InChI is InChI=1S/C15H16N6O7S/c1-28-19-10(8-5-29-15(16)18-8)12(24)17-7-4-20-3-6(2-9(22)23)11(14(26)27)21(20)13(7)25/h5,7H,2-4H2,1H3,(H2,16,18)(H,17,24)(H,22,23)(H,26,27)/b19-10-. The zero-order chi connectivity index (χ0) is 21.3. The fourth-order valence-corrected chi connectivity index (χ4v) is 3.63. The van der Waals surface area contributed by atoms with E-state index in [2.05, 4.69) is 20.3 Å². The van der Waals surface area contributed by atoms with Gasteiger partial charge in [0.25, 0.3) is 11.8 Å². The molecule has 1 unspecified atom stereocenters. The van der Waals surface area contributed by atoms with Crippen molar-refractivity contribution in [3.8, 4) is 0 Å². The Balaban J connectivity index is 1.79. The van der Waals surface area contributed by atoms with Crippen LogP contribution in [0.4, 0.5) is 5.13 Å². The van der Waals surface area contributed by atoms with Crippen LogP contribution in [0, 0.1) is 0 Å². The Bertz CT molecular complexity index is 955. The first kappa shape index (κ1) is 20.2. The van der Waals surface area contributed by atoms with Crippen LogP contribution < -0.4 is 11.1 Å². The number of anilines is 1. The number of aromatic nitrogens is 1. The van der Waals surface area contributed by atoms with Crippen LogP contribution in [0.25, 0.3) is 0 Å². The number of nitrogens with one attached hydrogen (secondary N) is 1. The molecule has 2 aliphatic rings. The smallest absolute Gasteiger partial charge is 0.354 e. The monoisotopic (exact) mass is 424 g/mol. The van der Waals surface area contributed by atoms with Gasteiger partial charge in [0.15, 0.2) is 10.8 Å². The molecule has 0 spiro atoms. The molecule has 0 radical (unpaired) electrons. The zero-order valence-electron chi connectivity index (χ0n) is 15.0. The Morgan fingerprint density at radius 3 is 2.72 bits per heavy atom.